The van der Waals surface area contributed by atoms with Crippen molar-refractivity contribution >= 4 is 5.91 Å². The fourth-order valence-corrected chi connectivity index (χ4v) is 3.23. The van der Waals surface area contributed by atoms with Gasteiger partial charge >= 0.3 is 0 Å². The molecule has 0 bridgehead atoms. The average molecular weight is 328 g/mol. The normalized spacial score (nSPS) is 23.0. The molecule has 1 aromatic carbocycles. The molecule has 24 heavy (non-hydrogen) atoms. The van der Waals surface area contributed by atoms with Crippen LogP contribution in [0.1, 0.15) is 5.56 Å². The number of hydrogen-bond acceptors (Lipinski definition) is 5. The Bertz CT molecular complexity index is 580. The largest absolute Gasteiger partial charge is 0.379 e. The van der Waals surface area contributed by atoms with Gasteiger partial charge in [0, 0.05) is 39.3 Å². The molecular formula is C18H24N4O2. The lowest BCUT2D eigenvalue weighted by Crippen LogP contribution is -2.56. The molecule has 0 spiro atoms. The van der Waals surface area contributed by atoms with Crippen LogP contribution in [-0.2, 0) is 16.1 Å². The lowest BCUT2D eigenvalue weighted by Gasteiger charge is -2.39. The zero-order chi connectivity index (χ0) is 16.8. The Morgan fingerprint density at radius 2 is 1.92 bits per heavy atom. The molecule has 3 rings (SSSR count). The minimum Gasteiger partial charge on any atom is -0.379 e. The van der Waals surface area contributed by atoms with Crippen molar-refractivity contribution in [1.29, 1.82) is 5.26 Å². The van der Waals surface area contributed by atoms with Crippen molar-refractivity contribution in [3.8, 4) is 6.07 Å². The third kappa shape index (κ3) is 4.32. The fourth-order valence-electron chi connectivity index (χ4n) is 3.23. The van der Waals surface area contributed by atoms with Gasteiger partial charge in [-0.3, -0.25) is 14.6 Å². The van der Waals surface area contributed by atoms with Crippen LogP contribution >= 0.6 is 0 Å². The Labute approximate surface area is 143 Å². The second-order valence-corrected chi connectivity index (χ2v) is 6.33. The number of carbonyl (C=O) groups excluding carboxylic acids is 1. The molecule has 0 saturated carbocycles. The van der Waals surface area contributed by atoms with Crippen molar-refractivity contribution in [3.05, 3.63) is 35.9 Å². The van der Waals surface area contributed by atoms with Crippen LogP contribution in [0.5, 0.6) is 0 Å². The molecule has 1 amide bonds. The standard InChI is InChI=1S/C18H24N4O2/c19-12-17-14-22(18(23)15-20-8-10-24-11-9-20)7-6-21(17)13-16-4-2-1-3-5-16/h1-5,17H,6-11,13-15H2. The lowest BCUT2D eigenvalue weighted by molar-refractivity contribution is -0.136. The molecule has 2 heterocycles. The van der Waals surface area contributed by atoms with E-state index in [1.807, 2.05) is 23.1 Å². The van der Waals surface area contributed by atoms with Gasteiger partial charge < -0.3 is 9.64 Å². The zero-order valence-electron chi connectivity index (χ0n) is 13.9. The van der Waals surface area contributed by atoms with Gasteiger partial charge in [0.05, 0.1) is 25.8 Å². The van der Waals surface area contributed by atoms with Crippen LogP contribution in [0.25, 0.3) is 0 Å². The minimum atomic E-state index is -0.243. The molecule has 6 nitrogen and oxygen atoms in total. The summed E-state index contributed by atoms with van der Waals surface area (Å²) < 4.78 is 5.32. The predicted octanol–water partition coefficient (Wildman–Crippen LogP) is 0.555. The summed E-state index contributed by atoms with van der Waals surface area (Å²) in [5.41, 5.74) is 1.20. The van der Waals surface area contributed by atoms with Gasteiger partial charge in [-0.15, -0.1) is 0 Å². The van der Waals surface area contributed by atoms with Crippen molar-refractivity contribution < 1.29 is 9.53 Å². The van der Waals surface area contributed by atoms with E-state index in [0.717, 1.165) is 26.2 Å². The van der Waals surface area contributed by atoms with Gasteiger partial charge in [0.15, 0.2) is 0 Å². The SMILES string of the molecule is N#CC1CN(C(=O)CN2CCOCC2)CCN1Cc1ccccc1. The van der Waals surface area contributed by atoms with E-state index >= 15 is 0 Å². The Kier molecular flexibility index (Phi) is 5.81. The number of benzene rings is 1. The first-order valence-electron chi connectivity index (χ1n) is 8.52. The Hall–Kier alpha value is -1.94. The summed E-state index contributed by atoms with van der Waals surface area (Å²) >= 11 is 0. The number of nitriles is 1. The summed E-state index contributed by atoms with van der Waals surface area (Å²) in [5, 5.41) is 9.50. The number of morpholine rings is 1. The van der Waals surface area contributed by atoms with Gasteiger partial charge in [-0.25, -0.2) is 0 Å². The Balaban J connectivity index is 1.54. The summed E-state index contributed by atoms with van der Waals surface area (Å²) in [6, 6.07) is 12.3. The molecule has 0 radical (unpaired) electrons. The third-order valence-corrected chi connectivity index (χ3v) is 4.68. The van der Waals surface area contributed by atoms with E-state index in [-0.39, 0.29) is 11.9 Å². The van der Waals surface area contributed by atoms with E-state index in [9.17, 15) is 10.1 Å². The first-order valence-corrected chi connectivity index (χ1v) is 8.52. The quantitative estimate of drug-likeness (QED) is 0.808. The Morgan fingerprint density at radius 3 is 2.62 bits per heavy atom. The highest BCUT2D eigenvalue weighted by atomic mass is 16.5. The molecule has 1 unspecified atom stereocenters. The fraction of sp³-hybridized carbons (Fsp3) is 0.556. The third-order valence-electron chi connectivity index (χ3n) is 4.68. The van der Waals surface area contributed by atoms with E-state index in [1.54, 1.807) is 0 Å². The molecule has 2 aliphatic rings. The number of piperazine rings is 1. The van der Waals surface area contributed by atoms with Crippen LogP contribution in [0.3, 0.4) is 0 Å². The molecule has 1 atom stereocenters. The highest BCUT2D eigenvalue weighted by Crippen LogP contribution is 2.14. The molecule has 0 aromatic heterocycles. The van der Waals surface area contributed by atoms with Crippen LogP contribution in [-0.4, -0.2) is 79.1 Å². The molecular weight excluding hydrogens is 304 g/mol. The van der Waals surface area contributed by atoms with Crippen LogP contribution in [0.15, 0.2) is 30.3 Å². The number of ether oxygens (including phenoxy) is 1. The van der Waals surface area contributed by atoms with Gasteiger partial charge in [0.25, 0.3) is 0 Å². The number of hydrogen-bond donors (Lipinski definition) is 0. The summed E-state index contributed by atoms with van der Waals surface area (Å²) in [5.74, 6) is 0.122. The number of amides is 1. The summed E-state index contributed by atoms with van der Waals surface area (Å²) in [6.45, 7) is 6.11. The van der Waals surface area contributed by atoms with Crippen LogP contribution in [0.4, 0.5) is 0 Å². The Morgan fingerprint density at radius 1 is 1.17 bits per heavy atom. The molecule has 0 aliphatic carbocycles. The van der Waals surface area contributed by atoms with E-state index in [1.165, 1.54) is 5.56 Å². The van der Waals surface area contributed by atoms with Gasteiger partial charge in [0.2, 0.25) is 5.91 Å². The van der Waals surface area contributed by atoms with Crippen LogP contribution in [0.2, 0.25) is 0 Å². The van der Waals surface area contributed by atoms with Crippen molar-refractivity contribution in [2.75, 3.05) is 52.5 Å². The van der Waals surface area contributed by atoms with Crippen LogP contribution in [0, 0.1) is 11.3 Å². The summed E-state index contributed by atoms with van der Waals surface area (Å²) in [4.78, 5) is 18.6. The number of nitrogens with zero attached hydrogens (tertiary/aromatic N) is 4. The molecule has 2 aliphatic heterocycles. The van der Waals surface area contributed by atoms with Gasteiger partial charge in [-0.1, -0.05) is 30.3 Å². The van der Waals surface area contributed by atoms with Gasteiger partial charge in [-0.2, -0.15) is 5.26 Å². The van der Waals surface area contributed by atoms with Gasteiger partial charge in [-0.05, 0) is 5.56 Å². The van der Waals surface area contributed by atoms with E-state index in [2.05, 4.69) is 28.0 Å². The topological polar surface area (TPSA) is 59.8 Å². The summed E-state index contributed by atoms with van der Waals surface area (Å²) in [6.07, 6.45) is 0. The van der Waals surface area contributed by atoms with Crippen LogP contribution < -0.4 is 0 Å². The molecule has 1 aromatic rings. The first kappa shape index (κ1) is 16.9. The molecule has 2 saturated heterocycles. The first-order chi connectivity index (χ1) is 11.8. The maximum atomic E-state index is 12.5. The second kappa shape index (κ2) is 8.25. The highest BCUT2D eigenvalue weighted by Gasteiger charge is 2.30. The molecule has 6 heteroatoms. The van der Waals surface area contributed by atoms with Crippen molar-refractivity contribution in [1.82, 2.24) is 14.7 Å². The van der Waals surface area contributed by atoms with Crippen molar-refractivity contribution in [3.63, 3.8) is 0 Å². The zero-order valence-corrected chi connectivity index (χ0v) is 13.9. The molecule has 0 N–H and O–H groups in total. The van der Waals surface area contributed by atoms with E-state index in [4.69, 9.17) is 4.74 Å². The molecule has 128 valence electrons. The lowest BCUT2D eigenvalue weighted by atomic mass is 10.1. The maximum Gasteiger partial charge on any atom is 0.236 e. The number of rotatable bonds is 4. The smallest absolute Gasteiger partial charge is 0.236 e. The number of carbonyl (C=O) groups is 1. The minimum absolute atomic E-state index is 0.122. The van der Waals surface area contributed by atoms with Crippen molar-refractivity contribution in [2.24, 2.45) is 0 Å². The van der Waals surface area contributed by atoms with Gasteiger partial charge in [0.1, 0.15) is 6.04 Å². The monoisotopic (exact) mass is 328 g/mol. The molecule has 2 fully saturated rings. The van der Waals surface area contributed by atoms with E-state index < -0.39 is 0 Å². The van der Waals surface area contributed by atoms with E-state index in [0.29, 0.717) is 32.8 Å². The second-order valence-electron chi connectivity index (χ2n) is 6.33. The maximum absolute atomic E-state index is 12.5. The predicted molar refractivity (Wildman–Crippen MR) is 90.1 cm³/mol. The van der Waals surface area contributed by atoms with Crippen molar-refractivity contribution in [2.45, 2.75) is 12.6 Å². The average Bonchev–Trinajstić information content (AvgIpc) is 2.63. The summed E-state index contributed by atoms with van der Waals surface area (Å²) in [7, 11) is 0. The highest BCUT2D eigenvalue weighted by molar-refractivity contribution is 5.78.